The molecule has 5 heteroatoms. The van der Waals surface area contributed by atoms with Gasteiger partial charge in [-0.25, -0.2) is 0 Å². The molecular formula is C23H25N3O2. The average Bonchev–Trinajstić information content (AvgIpc) is 2.72. The fourth-order valence-electron chi connectivity index (χ4n) is 3.48. The standard InChI is InChI=1S/C23H25N3O2/c1-23(2,3)22(28)26-14-12-25(13-15-26)21(27)20-11-7-6-10-19(20)18-9-5-4-8-17(18)16-24/h4-11H,12-15H2,1-3H3. The first-order valence-electron chi connectivity index (χ1n) is 9.50. The number of benzene rings is 2. The van der Waals surface area contributed by atoms with E-state index >= 15 is 0 Å². The maximum absolute atomic E-state index is 13.2. The van der Waals surface area contributed by atoms with Crippen molar-refractivity contribution in [2.24, 2.45) is 5.41 Å². The van der Waals surface area contributed by atoms with Crippen LogP contribution in [0.4, 0.5) is 0 Å². The molecule has 3 rings (SSSR count). The molecule has 0 aliphatic carbocycles. The van der Waals surface area contributed by atoms with Crippen molar-refractivity contribution in [3.05, 3.63) is 59.7 Å². The molecule has 1 saturated heterocycles. The zero-order valence-electron chi connectivity index (χ0n) is 16.6. The third-order valence-corrected chi connectivity index (χ3v) is 4.99. The smallest absolute Gasteiger partial charge is 0.254 e. The second-order valence-corrected chi connectivity index (χ2v) is 8.04. The van der Waals surface area contributed by atoms with E-state index in [4.69, 9.17) is 0 Å². The minimum atomic E-state index is -0.417. The molecule has 144 valence electrons. The van der Waals surface area contributed by atoms with Crippen LogP contribution in [0.1, 0.15) is 36.7 Å². The maximum atomic E-state index is 13.2. The van der Waals surface area contributed by atoms with Crippen molar-refractivity contribution in [2.75, 3.05) is 26.2 Å². The van der Waals surface area contributed by atoms with E-state index < -0.39 is 5.41 Å². The van der Waals surface area contributed by atoms with E-state index in [1.54, 1.807) is 17.0 Å². The Kier molecular flexibility index (Phi) is 5.51. The zero-order chi connectivity index (χ0) is 20.3. The molecule has 2 amide bonds. The molecule has 0 spiro atoms. The van der Waals surface area contributed by atoms with Gasteiger partial charge in [0.15, 0.2) is 0 Å². The van der Waals surface area contributed by atoms with Gasteiger partial charge in [-0.3, -0.25) is 9.59 Å². The lowest BCUT2D eigenvalue weighted by molar-refractivity contribution is -0.140. The summed E-state index contributed by atoms with van der Waals surface area (Å²) in [5.74, 6) is 0.0501. The van der Waals surface area contributed by atoms with Crippen LogP contribution in [0.15, 0.2) is 48.5 Å². The highest BCUT2D eigenvalue weighted by atomic mass is 16.2. The molecule has 1 heterocycles. The van der Waals surface area contributed by atoms with Crippen molar-refractivity contribution in [1.82, 2.24) is 9.80 Å². The Morgan fingerprint density at radius 2 is 1.39 bits per heavy atom. The molecule has 28 heavy (non-hydrogen) atoms. The largest absolute Gasteiger partial charge is 0.339 e. The van der Waals surface area contributed by atoms with Gasteiger partial charge in [-0.05, 0) is 17.7 Å². The van der Waals surface area contributed by atoms with E-state index in [2.05, 4.69) is 6.07 Å². The molecule has 0 atom stereocenters. The number of carbonyl (C=O) groups is 2. The molecule has 5 nitrogen and oxygen atoms in total. The highest BCUT2D eigenvalue weighted by Crippen LogP contribution is 2.28. The average molecular weight is 375 g/mol. The monoisotopic (exact) mass is 375 g/mol. The lowest BCUT2D eigenvalue weighted by Gasteiger charge is -2.37. The van der Waals surface area contributed by atoms with E-state index in [0.717, 1.165) is 11.1 Å². The summed E-state index contributed by atoms with van der Waals surface area (Å²) in [6.45, 7) is 7.84. The first-order valence-corrected chi connectivity index (χ1v) is 9.50. The van der Waals surface area contributed by atoms with Crippen LogP contribution in [0.3, 0.4) is 0 Å². The third-order valence-electron chi connectivity index (χ3n) is 4.99. The van der Waals surface area contributed by atoms with Crippen molar-refractivity contribution >= 4 is 11.8 Å². The minimum Gasteiger partial charge on any atom is -0.339 e. The van der Waals surface area contributed by atoms with Crippen LogP contribution in [0.25, 0.3) is 11.1 Å². The van der Waals surface area contributed by atoms with E-state index in [1.165, 1.54) is 0 Å². The highest BCUT2D eigenvalue weighted by Gasteiger charge is 2.31. The fraction of sp³-hybridized carbons (Fsp3) is 0.348. The van der Waals surface area contributed by atoms with Gasteiger partial charge in [-0.1, -0.05) is 57.2 Å². The Morgan fingerprint density at radius 1 is 0.857 bits per heavy atom. The summed E-state index contributed by atoms with van der Waals surface area (Å²) in [6, 6.07) is 16.9. The molecule has 1 aliphatic rings. The molecule has 0 aromatic heterocycles. The number of piperazine rings is 1. The van der Waals surface area contributed by atoms with Gasteiger partial charge in [0, 0.05) is 42.7 Å². The number of hydrogen-bond acceptors (Lipinski definition) is 3. The van der Waals surface area contributed by atoms with Gasteiger partial charge in [0.2, 0.25) is 5.91 Å². The summed E-state index contributed by atoms with van der Waals surface area (Å²) in [5.41, 5.74) is 2.23. The summed E-state index contributed by atoms with van der Waals surface area (Å²) in [4.78, 5) is 29.3. The van der Waals surface area contributed by atoms with Crippen LogP contribution >= 0.6 is 0 Å². The number of nitrogens with zero attached hydrogens (tertiary/aromatic N) is 3. The SMILES string of the molecule is CC(C)(C)C(=O)N1CCN(C(=O)c2ccccc2-c2ccccc2C#N)CC1. The molecular weight excluding hydrogens is 350 g/mol. The summed E-state index contributed by atoms with van der Waals surface area (Å²) in [7, 11) is 0. The van der Waals surface area contributed by atoms with Gasteiger partial charge in [0.05, 0.1) is 11.6 Å². The Labute approximate surface area is 166 Å². The topological polar surface area (TPSA) is 64.4 Å². The lowest BCUT2D eigenvalue weighted by Crippen LogP contribution is -2.53. The summed E-state index contributed by atoms with van der Waals surface area (Å²) in [5, 5.41) is 9.42. The Morgan fingerprint density at radius 3 is 2.00 bits per heavy atom. The molecule has 2 aromatic carbocycles. The van der Waals surface area contributed by atoms with Crippen LogP contribution in [0.5, 0.6) is 0 Å². The molecule has 1 aliphatic heterocycles. The molecule has 2 aromatic rings. The van der Waals surface area contributed by atoms with Gasteiger partial charge >= 0.3 is 0 Å². The number of hydrogen-bond donors (Lipinski definition) is 0. The fourth-order valence-corrected chi connectivity index (χ4v) is 3.48. The van der Waals surface area contributed by atoms with Crippen molar-refractivity contribution in [2.45, 2.75) is 20.8 Å². The Hall–Kier alpha value is -3.13. The maximum Gasteiger partial charge on any atom is 0.254 e. The van der Waals surface area contributed by atoms with Gasteiger partial charge in [0.1, 0.15) is 0 Å². The third kappa shape index (κ3) is 3.91. The Balaban J connectivity index is 1.82. The van der Waals surface area contributed by atoms with E-state index in [0.29, 0.717) is 37.3 Å². The van der Waals surface area contributed by atoms with E-state index in [-0.39, 0.29) is 11.8 Å². The molecule has 0 saturated carbocycles. The van der Waals surface area contributed by atoms with Gasteiger partial charge < -0.3 is 9.80 Å². The second-order valence-electron chi connectivity index (χ2n) is 8.04. The highest BCUT2D eigenvalue weighted by molar-refractivity contribution is 6.01. The Bertz CT molecular complexity index is 929. The summed E-state index contributed by atoms with van der Waals surface area (Å²) in [6.07, 6.45) is 0. The number of nitriles is 1. The molecule has 0 unspecified atom stereocenters. The molecule has 1 fully saturated rings. The summed E-state index contributed by atoms with van der Waals surface area (Å²) < 4.78 is 0. The molecule has 0 N–H and O–H groups in total. The van der Waals surface area contributed by atoms with Gasteiger partial charge in [-0.2, -0.15) is 5.26 Å². The summed E-state index contributed by atoms with van der Waals surface area (Å²) >= 11 is 0. The van der Waals surface area contributed by atoms with Gasteiger partial charge in [-0.15, -0.1) is 0 Å². The minimum absolute atomic E-state index is 0.0637. The number of carbonyl (C=O) groups excluding carboxylic acids is 2. The first-order chi connectivity index (χ1) is 13.3. The quantitative estimate of drug-likeness (QED) is 0.806. The van der Waals surface area contributed by atoms with Crippen molar-refractivity contribution in [3.8, 4) is 17.2 Å². The van der Waals surface area contributed by atoms with Crippen LogP contribution < -0.4 is 0 Å². The van der Waals surface area contributed by atoms with Crippen molar-refractivity contribution in [3.63, 3.8) is 0 Å². The van der Waals surface area contributed by atoms with Crippen LogP contribution in [0.2, 0.25) is 0 Å². The van der Waals surface area contributed by atoms with Crippen molar-refractivity contribution < 1.29 is 9.59 Å². The normalized spacial score (nSPS) is 14.5. The number of rotatable bonds is 2. The van der Waals surface area contributed by atoms with Crippen LogP contribution in [-0.2, 0) is 4.79 Å². The molecule has 0 radical (unpaired) electrons. The van der Waals surface area contributed by atoms with Gasteiger partial charge in [0.25, 0.3) is 5.91 Å². The van der Waals surface area contributed by atoms with E-state index in [1.807, 2.05) is 62.1 Å². The van der Waals surface area contributed by atoms with E-state index in [9.17, 15) is 14.9 Å². The van der Waals surface area contributed by atoms with Crippen molar-refractivity contribution in [1.29, 1.82) is 5.26 Å². The predicted molar refractivity (Wildman–Crippen MR) is 109 cm³/mol. The predicted octanol–water partition coefficient (Wildman–Crippen LogP) is 3.56. The van der Waals surface area contributed by atoms with Crippen LogP contribution in [-0.4, -0.2) is 47.8 Å². The second kappa shape index (κ2) is 7.85. The van der Waals surface area contributed by atoms with Crippen LogP contribution in [0, 0.1) is 16.7 Å². The first kappa shape index (κ1) is 19.6. The lowest BCUT2D eigenvalue weighted by atomic mass is 9.94. The molecule has 0 bridgehead atoms. The number of amides is 2. The zero-order valence-corrected chi connectivity index (χ0v) is 16.6.